The molecule has 0 bridgehead atoms. The molecule has 22 heavy (non-hydrogen) atoms. The van der Waals surface area contributed by atoms with Crippen molar-refractivity contribution in [2.24, 2.45) is 0 Å². The molecule has 0 aliphatic carbocycles. The van der Waals surface area contributed by atoms with E-state index in [1.807, 2.05) is 0 Å². The topological polar surface area (TPSA) is 56.3 Å². The second kappa shape index (κ2) is 7.41. The normalized spacial score (nSPS) is 18.4. The molecule has 1 aliphatic rings. The summed E-state index contributed by atoms with van der Waals surface area (Å²) in [5, 5.41) is 12.6. The first kappa shape index (κ1) is 15.7. The summed E-state index contributed by atoms with van der Waals surface area (Å²) in [6, 6.07) is 6.32. The van der Waals surface area contributed by atoms with E-state index in [0.717, 1.165) is 33.9 Å². The molecule has 2 heterocycles. The Morgan fingerprint density at radius 1 is 1.36 bits per heavy atom. The van der Waals surface area contributed by atoms with Crippen molar-refractivity contribution in [3.05, 3.63) is 29.3 Å². The summed E-state index contributed by atoms with van der Waals surface area (Å²) >= 11 is 3.26. The smallest absolute Gasteiger partial charge is 0.210 e. The lowest BCUT2D eigenvalue weighted by atomic mass is 10.1. The van der Waals surface area contributed by atoms with Gasteiger partial charge < -0.3 is 14.8 Å². The van der Waals surface area contributed by atoms with Crippen molar-refractivity contribution in [1.82, 2.24) is 10.2 Å². The zero-order valence-corrected chi connectivity index (χ0v) is 14.3. The first-order chi connectivity index (χ1) is 10.7. The first-order valence-corrected chi connectivity index (χ1v) is 9.01. The van der Waals surface area contributed by atoms with Crippen LogP contribution in [-0.4, -0.2) is 35.5 Å². The molecule has 1 N–H and O–H groups in total. The van der Waals surface area contributed by atoms with Crippen molar-refractivity contribution in [2.45, 2.75) is 30.7 Å². The molecule has 0 radical (unpaired) electrons. The molecule has 0 spiro atoms. The average Bonchev–Trinajstić information content (AvgIpc) is 2.97. The molecule has 1 aliphatic heterocycles. The zero-order chi connectivity index (χ0) is 15.4. The third-order valence-corrected chi connectivity index (χ3v) is 5.50. The largest absolute Gasteiger partial charge is 0.355 e. The van der Waals surface area contributed by atoms with Gasteiger partial charge in [0, 0.05) is 11.4 Å². The average molecular weight is 337 g/mol. The van der Waals surface area contributed by atoms with Gasteiger partial charge in [-0.25, -0.2) is 0 Å². The Bertz CT molecular complexity index is 627. The molecule has 1 saturated heterocycles. The van der Waals surface area contributed by atoms with Crippen LogP contribution in [0.5, 0.6) is 0 Å². The second-order valence-electron chi connectivity index (χ2n) is 5.23. The van der Waals surface area contributed by atoms with Crippen molar-refractivity contribution in [3.8, 4) is 0 Å². The van der Waals surface area contributed by atoms with E-state index in [0.29, 0.717) is 6.79 Å². The van der Waals surface area contributed by atoms with Gasteiger partial charge in [-0.2, -0.15) is 0 Å². The number of anilines is 2. The van der Waals surface area contributed by atoms with Gasteiger partial charge in [-0.1, -0.05) is 40.8 Å². The highest BCUT2D eigenvalue weighted by atomic mass is 32.2. The quantitative estimate of drug-likeness (QED) is 0.839. The van der Waals surface area contributed by atoms with Crippen LogP contribution in [0, 0.1) is 13.8 Å². The van der Waals surface area contributed by atoms with E-state index < -0.39 is 0 Å². The highest BCUT2D eigenvalue weighted by Gasteiger charge is 2.16. The number of nitrogens with zero attached hydrogens (tertiary/aromatic N) is 2. The van der Waals surface area contributed by atoms with Gasteiger partial charge in [0.25, 0.3) is 0 Å². The zero-order valence-electron chi connectivity index (χ0n) is 12.7. The van der Waals surface area contributed by atoms with E-state index in [4.69, 9.17) is 9.47 Å². The third kappa shape index (κ3) is 4.19. The van der Waals surface area contributed by atoms with Crippen LogP contribution in [0.3, 0.4) is 0 Å². The number of hydrogen-bond donors (Lipinski definition) is 1. The highest BCUT2D eigenvalue weighted by molar-refractivity contribution is 8.01. The molecule has 0 saturated carbocycles. The summed E-state index contributed by atoms with van der Waals surface area (Å²) in [5.41, 5.74) is 3.54. The third-order valence-electron chi connectivity index (χ3n) is 3.39. The maximum Gasteiger partial charge on any atom is 0.210 e. The van der Waals surface area contributed by atoms with Gasteiger partial charge in [-0.05, 0) is 31.9 Å². The lowest BCUT2D eigenvalue weighted by Gasteiger charge is -2.21. The van der Waals surface area contributed by atoms with E-state index in [9.17, 15) is 0 Å². The summed E-state index contributed by atoms with van der Waals surface area (Å²) < 4.78 is 11.7. The molecule has 0 amide bonds. The Labute approximate surface area is 138 Å². The SMILES string of the molecule is Cc1ccc(Nc2nnc(SC[C@@H]3CCOCO3)s2)c(C)c1. The van der Waals surface area contributed by atoms with Gasteiger partial charge in [0.1, 0.15) is 6.79 Å². The summed E-state index contributed by atoms with van der Waals surface area (Å²) in [5.74, 6) is 0.890. The van der Waals surface area contributed by atoms with Gasteiger partial charge in [-0.15, -0.1) is 10.2 Å². The van der Waals surface area contributed by atoms with Crippen molar-refractivity contribution in [3.63, 3.8) is 0 Å². The molecule has 7 heteroatoms. The first-order valence-electron chi connectivity index (χ1n) is 7.20. The van der Waals surface area contributed by atoms with Crippen LogP contribution in [0.1, 0.15) is 17.5 Å². The fourth-order valence-electron chi connectivity index (χ4n) is 2.18. The molecule has 5 nitrogen and oxygen atoms in total. The Morgan fingerprint density at radius 3 is 3.05 bits per heavy atom. The van der Waals surface area contributed by atoms with Gasteiger partial charge in [0.05, 0.1) is 12.7 Å². The highest BCUT2D eigenvalue weighted by Crippen LogP contribution is 2.30. The Hall–Kier alpha value is -1.15. The van der Waals surface area contributed by atoms with Crippen LogP contribution in [0.15, 0.2) is 22.5 Å². The van der Waals surface area contributed by atoms with Crippen LogP contribution >= 0.6 is 23.1 Å². The van der Waals surface area contributed by atoms with Gasteiger partial charge in [-0.3, -0.25) is 0 Å². The number of thioether (sulfide) groups is 1. The number of benzene rings is 1. The monoisotopic (exact) mass is 337 g/mol. The summed E-state index contributed by atoms with van der Waals surface area (Å²) in [4.78, 5) is 0. The molecule has 0 unspecified atom stereocenters. The van der Waals surface area contributed by atoms with Crippen molar-refractivity contribution < 1.29 is 9.47 Å². The van der Waals surface area contributed by atoms with Crippen LogP contribution in [0.4, 0.5) is 10.8 Å². The fourth-order valence-corrected chi connectivity index (χ4v) is 4.04. The minimum Gasteiger partial charge on any atom is -0.355 e. The molecular formula is C15H19N3O2S2. The maximum absolute atomic E-state index is 5.53. The number of nitrogens with one attached hydrogen (secondary N) is 1. The number of aromatic nitrogens is 2. The van der Waals surface area contributed by atoms with Gasteiger partial charge >= 0.3 is 0 Å². The minimum atomic E-state index is 0.249. The summed E-state index contributed by atoms with van der Waals surface area (Å²) in [6.45, 7) is 5.37. The van der Waals surface area contributed by atoms with E-state index in [1.54, 1.807) is 23.1 Å². The van der Waals surface area contributed by atoms with Gasteiger partial charge in [0.15, 0.2) is 4.34 Å². The van der Waals surface area contributed by atoms with Crippen LogP contribution in [0.2, 0.25) is 0 Å². The lowest BCUT2D eigenvalue weighted by molar-refractivity contribution is -0.130. The Kier molecular flexibility index (Phi) is 5.30. The Morgan fingerprint density at radius 2 is 2.27 bits per heavy atom. The van der Waals surface area contributed by atoms with Gasteiger partial charge in [0.2, 0.25) is 5.13 Å². The molecule has 1 aromatic carbocycles. The molecular weight excluding hydrogens is 318 g/mol. The van der Waals surface area contributed by atoms with Crippen LogP contribution in [0.25, 0.3) is 0 Å². The number of aryl methyl sites for hydroxylation is 2. The molecule has 118 valence electrons. The number of ether oxygens (including phenoxy) is 2. The van der Waals surface area contributed by atoms with E-state index in [1.165, 1.54) is 11.1 Å². The molecule has 3 rings (SSSR count). The van der Waals surface area contributed by atoms with E-state index >= 15 is 0 Å². The van der Waals surface area contributed by atoms with E-state index in [-0.39, 0.29) is 6.10 Å². The minimum absolute atomic E-state index is 0.249. The molecule has 2 aromatic rings. The molecule has 1 aromatic heterocycles. The predicted octanol–water partition coefficient (Wildman–Crippen LogP) is 3.75. The standard InChI is InChI=1S/C15H19N3O2S2/c1-10-3-4-13(11(2)7-10)16-14-17-18-15(22-14)21-8-12-5-6-19-9-20-12/h3-4,7,12H,5-6,8-9H2,1-2H3,(H,16,17)/t12-/m0/s1. The second-order valence-corrected chi connectivity index (χ2v) is 7.48. The van der Waals surface area contributed by atoms with Crippen molar-refractivity contribution in [1.29, 1.82) is 0 Å². The lowest BCUT2D eigenvalue weighted by Crippen LogP contribution is -2.25. The van der Waals surface area contributed by atoms with Crippen LogP contribution < -0.4 is 5.32 Å². The summed E-state index contributed by atoms with van der Waals surface area (Å²) in [7, 11) is 0. The van der Waals surface area contributed by atoms with Crippen LogP contribution in [-0.2, 0) is 9.47 Å². The fraction of sp³-hybridized carbons (Fsp3) is 0.467. The summed E-state index contributed by atoms with van der Waals surface area (Å²) in [6.07, 6.45) is 1.19. The predicted molar refractivity (Wildman–Crippen MR) is 90.1 cm³/mol. The number of rotatable bonds is 5. The number of hydrogen-bond acceptors (Lipinski definition) is 7. The molecule has 1 atom stereocenters. The van der Waals surface area contributed by atoms with Crippen molar-refractivity contribution >= 4 is 33.9 Å². The van der Waals surface area contributed by atoms with Crippen molar-refractivity contribution in [2.75, 3.05) is 24.5 Å². The molecule has 1 fully saturated rings. The Balaban J connectivity index is 1.56. The van der Waals surface area contributed by atoms with E-state index in [2.05, 4.69) is 47.6 Å². The maximum atomic E-state index is 5.53.